The van der Waals surface area contributed by atoms with Crippen LogP contribution in [0, 0.1) is 0 Å². The van der Waals surface area contributed by atoms with Crippen LogP contribution in [0.4, 0.5) is 0 Å². The second kappa shape index (κ2) is 6.32. The Morgan fingerprint density at radius 2 is 2.14 bits per heavy atom. The third-order valence-corrected chi connectivity index (χ3v) is 4.27. The maximum absolute atomic E-state index is 12.6. The zero-order valence-electron chi connectivity index (χ0n) is 13.7. The number of carbonyl (C=O) groups is 2. The summed E-state index contributed by atoms with van der Waals surface area (Å²) in [6.07, 6.45) is 0. The number of aromatic nitrogens is 1. The van der Waals surface area contributed by atoms with Gasteiger partial charge in [-0.2, -0.15) is 0 Å². The molecule has 1 atom stereocenters. The van der Waals surface area contributed by atoms with E-state index in [1.807, 2.05) is 34.6 Å². The van der Waals surface area contributed by atoms with Crippen LogP contribution in [0.15, 0.2) is 10.6 Å². The van der Waals surface area contributed by atoms with Crippen LogP contribution >= 0.6 is 11.8 Å². The maximum Gasteiger partial charge on any atom is 0.277 e. The highest BCUT2D eigenvalue weighted by Gasteiger charge is 2.37. The lowest BCUT2D eigenvalue weighted by atomic mass is 10.1. The molecule has 0 radical (unpaired) electrons. The minimum atomic E-state index is -0.462. The van der Waals surface area contributed by atoms with E-state index in [4.69, 9.17) is 4.52 Å². The molecule has 1 fully saturated rings. The van der Waals surface area contributed by atoms with E-state index < -0.39 is 6.04 Å². The lowest BCUT2D eigenvalue weighted by Gasteiger charge is -2.27. The van der Waals surface area contributed by atoms with Crippen molar-refractivity contribution < 1.29 is 14.1 Å². The van der Waals surface area contributed by atoms with Gasteiger partial charge in [0.1, 0.15) is 11.8 Å². The summed E-state index contributed by atoms with van der Waals surface area (Å²) in [5.74, 6) is 1.55. The molecule has 1 N–H and O–H groups in total. The van der Waals surface area contributed by atoms with Gasteiger partial charge in [-0.25, -0.2) is 0 Å². The summed E-state index contributed by atoms with van der Waals surface area (Å²) in [5.41, 5.74) is -0.0580. The van der Waals surface area contributed by atoms with Gasteiger partial charge in [0.25, 0.3) is 5.91 Å². The van der Waals surface area contributed by atoms with Gasteiger partial charge >= 0.3 is 0 Å². The first-order valence-corrected chi connectivity index (χ1v) is 8.52. The molecular formula is C15H23N3O3S. The molecule has 6 nitrogen and oxygen atoms in total. The molecule has 22 heavy (non-hydrogen) atoms. The molecule has 122 valence electrons. The van der Waals surface area contributed by atoms with Crippen molar-refractivity contribution >= 4 is 23.6 Å². The molecule has 0 aliphatic carbocycles. The smallest absolute Gasteiger partial charge is 0.277 e. The second-order valence-corrected chi connectivity index (χ2v) is 7.80. The van der Waals surface area contributed by atoms with Crippen molar-refractivity contribution in [2.24, 2.45) is 0 Å². The number of thioether (sulfide) groups is 1. The van der Waals surface area contributed by atoms with E-state index in [1.165, 1.54) is 0 Å². The Balaban J connectivity index is 2.12. The quantitative estimate of drug-likeness (QED) is 0.922. The molecule has 0 spiro atoms. The zero-order valence-corrected chi connectivity index (χ0v) is 14.5. The summed E-state index contributed by atoms with van der Waals surface area (Å²) >= 11 is 1.57. The van der Waals surface area contributed by atoms with Crippen LogP contribution < -0.4 is 5.32 Å². The van der Waals surface area contributed by atoms with Crippen molar-refractivity contribution in [1.29, 1.82) is 0 Å². The molecule has 2 heterocycles. The Morgan fingerprint density at radius 3 is 2.68 bits per heavy atom. The number of rotatable bonds is 3. The third-order valence-electron chi connectivity index (χ3n) is 3.26. The first-order chi connectivity index (χ1) is 10.2. The van der Waals surface area contributed by atoms with Crippen LogP contribution in [0.5, 0.6) is 0 Å². The van der Waals surface area contributed by atoms with Gasteiger partial charge in [-0.05, 0) is 20.8 Å². The fraction of sp³-hybridized carbons (Fsp3) is 0.667. The van der Waals surface area contributed by atoms with Crippen molar-refractivity contribution in [2.45, 2.75) is 52.1 Å². The number of amides is 2. The minimum Gasteiger partial charge on any atom is -0.360 e. The Hall–Kier alpha value is -1.50. The van der Waals surface area contributed by atoms with Crippen molar-refractivity contribution in [3.63, 3.8) is 0 Å². The zero-order chi connectivity index (χ0) is 16.5. The largest absolute Gasteiger partial charge is 0.360 e. The van der Waals surface area contributed by atoms with E-state index in [2.05, 4.69) is 10.5 Å². The van der Waals surface area contributed by atoms with Crippen LogP contribution in [-0.2, 0) is 4.79 Å². The molecular weight excluding hydrogens is 302 g/mol. The average Bonchev–Trinajstić information content (AvgIpc) is 3.05. The minimum absolute atomic E-state index is 0.126. The molecule has 2 amide bonds. The van der Waals surface area contributed by atoms with Gasteiger partial charge < -0.3 is 14.7 Å². The van der Waals surface area contributed by atoms with Gasteiger partial charge in [-0.3, -0.25) is 9.59 Å². The third kappa shape index (κ3) is 3.82. The lowest BCUT2D eigenvalue weighted by molar-refractivity contribution is -0.125. The van der Waals surface area contributed by atoms with E-state index in [0.29, 0.717) is 17.4 Å². The van der Waals surface area contributed by atoms with Gasteiger partial charge in [0.2, 0.25) is 5.91 Å². The topological polar surface area (TPSA) is 75.4 Å². The van der Waals surface area contributed by atoms with Gasteiger partial charge in [0, 0.05) is 23.3 Å². The van der Waals surface area contributed by atoms with Gasteiger partial charge in [-0.1, -0.05) is 19.0 Å². The number of hydrogen-bond acceptors (Lipinski definition) is 5. The predicted octanol–water partition coefficient (Wildman–Crippen LogP) is 2.23. The van der Waals surface area contributed by atoms with Crippen molar-refractivity contribution in [3.05, 3.63) is 17.5 Å². The summed E-state index contributed by atoms with van der Waals surface area (Å²) < 4.78 is 5.18. The first kappa shape index (κ1) is 16.9. The van der Waals surface area contributed by atoms with E-state index in [-0.39, 0.29) is 29.0 Å². The van der Waals surface area contributed by atoms with Gasteiger partial charge in [0.05, 0.1) is 5.88 Å². The molecule has 2 rings (SSSR count). The molecule has 0 bridgehead atoms. The number of hydrogen-bond donors (Lipinski definition) is 1. The van der Waals surface area contributed by atoms with Crippen LogP contribution in [0.3, 0.4) is 0 Å². The standard InChI is InChI=1S/C15H23N3O3S/c1-9(2)12-6-10(17-21-12)14(20)18-8-22-7-11(18)13(19)16-15(3,4)5/h6,9,11H,7-8H2,1-5H3,(H,16,19). The Kier molecular flexibility index (Phi) is 4.84. The highest BCUT2D eigenvalue weighted by molar-refractivity contribution is 7.99. The summed E-state index contributed by atoms with van der Waals surface area (Å²) in [7, 11) is 0. The van der Waals surface area contributed by atoms with E-state index in [1.54, 1.807) is 22.7 Å². The van der Waals surface area contributed by atoms with Gasteiger partial charge in [0.15, 0.2) is 5.69 Å². The fourth-order valence-electron chi connectivity index (χ4n) is 2.12. The Bertz CT molecular complexity index is 563. The first-order valence-electron chi connectivity index (χ1n) is 7.36. The number of nitrogens with one attached hydrogen (secondary N) is 1. The second-order valence-electron chi connectivity index (χ2n) is 6.80. The van der Waals surface area contributed by atoms with Crippen LogP contribution in [0.2, 0.25) is 0 Å². The monoisotopic (exact) mass is 325 g/mol. The highest BCUT2D eigenvalue weighted by Crippen LogP contribution is 2.24. The van der Waals surface area contributed by atoms with Crippen molar-refractivity contribution in [2.75, 3.05) is 11.6 Å². The summed E-state index contributed by atoms with van der Waals surface area (Å²) in [6.45, 7) is 9.71. The molecule has 7 heteroatoms. The molecule has 0 saturated carbocycles. The van der Waals surface area contributed by atoms with Crippen LogP contribution in [0.25, 0.3) is 0 Å². The molecule has 1 saturated heterocycles. The summed E-state index contributed by atoms with van der Waals surface area (Å²) in [6, 6.07) is 1.20. The normalized spacial score (nSPS) is 18.8. The summed E-state index contributed by atoms with van der Waals surface area (Å²) in [5, 5.41) is 6.77. The Labute approximate surface area is 135 Å². The molecule has 1 unspecified atom stereocenters. The SMILES string of the molecule is CC(C)c1cc(C(=O)N2CSCC2C(=O)NC(C)(C)C)no1. The molecule has 1 aliphatic rings. The van der Waals surface area contributed by atoms with Crippen molar-refractivity contribution in [1.82, 2.24) is 15.4 Å². The van der Waals surface area contributed by atoms with Crippen LogP contribution in [0.1, 0.15) is 56.8 Å². The molecule has 1 aromatic rings. The van der Waals surface area contributed by atoms with Gasteiger partial charge in [-0.15, -0.1) is 11.8 Å². The Morgan fingerprint density at radius 1 is 1.45 bits per heavy atom. The number of nitrogens with zero attached hydrogens (tertiary/aromatic N) is 2. The van der Waals surface area contributed by atoms with Crippen molar-refractivity contribution in [3.8, 4) is 0 Å². The molecule has 0 aromatic carbocycles. The van der Waals surface area contributed by atoms with E-state index >= 15 is 0 Å². The maximum atomic E-state index is 12.6. The van der Waals surface area contributed by atoms with E-state index in [9.17, 15) is 9.59 Å². The lowest BCUT2D eigenvalue weighted by Crippen LogP contribution is -2.52. The fourth-order valence-corrected chi connectivity index (χ4v) is 3.28. The number of carbonyl (C=O) groups excluding carboxylic acids is 2. The van der Waals surface area contributed by atoms with E-state index in [0.717, 1.165) is 0 Å². The predicted molar refractivity (Wildman–Crippen MR) is 85.8 cm³/mol. The summed E-state index contributed by atoms with van der Waals surface area (Å²) in [4.78, 5) is 26.5. The average molecular weight is 325 g/mol. The van der Waals surface area contributed by atoms with Crippen LogP contribution in [-0.4, -0.2) is 45.1 Å². The highest BCUT2D eigenvalue weighted by atomic mass is 32.2. The molecule has 1 aliphatic heterocycles. The molecule has 1 aromatic heterocycles.